The highest BCUT2D eigenvalue weighted by molar-refractivity contribution is 5.76. The molecule has 1 aliphatic rings. The summed E-state index contributed by atoms with van der Waals surface area (Å²) in [6, 6.07) is 14.2. The summed E-state index contributed by atoms with van der Waals surface area (Å²) in [7, 11) is 0. The standard InChI is InChI=1S/C21H23N3O2/c1-16-18-9-6-12-23(18)13-14-24(16)21(25)11-5-10-20-22-15-19(26-20)17-7-3-2-4-8-17/h2-4,6-9,12,15-16H,5,10-11,13-14H2,1H3. The van der Waals surface area contributed by atoms with Crippen molar-refractivity contribution in [2.24, 2.45) is 0 Å². The van der Waals surface area contributed by atoms with Crippen LogP contribution in [0.5, 0.6) is 0 Å². The fraction of sp³-hybridized carbons (Fsp3) is 0.333. The number of hydrogen-bond acceptors (Lipinski definition) is 3. The molecule has 1 atom stereocenters. The average molecular weight is 349 g/mol. The maximum atomic E-state index is 12.6. The molecule has 1 aliphatic heterocycles. The summed E-state index contributed by atoms with van der Waals surface area (Å²) in [5, 5.41) is 0. The summed E-state index contributed by atoms with van der Waals surface area (Å²) >= 11 is 0. The van der Waals surface area contributed by atoms with E-state index >= 15 is 0 Å². The van der Waals surface area contributed by atoms with Gasteiger partial charge in [0, 0.05) is 43.4 Å². The highest BCUT2D eigenvalue weighted by atomic mass is 16.4. The Hall–Kier alpha value is -2.82. The van der Waals surface area contributed by atoms with Crippen molar-refractivity contribution in [1.29, 1.82) is 0 Å². The van der Waals surface area contributed by atoms with Gasteiger partial charge in [-0.2, -0.15) is 0 Å². The monoisotopic (exact) mass is 349 g/mol. The normalized spacial score (nSPS) is 16.5. The van der Waals surface area contributed by atoms with Gasteiger partial charge >= 0.3 is 0 Å². The number of rotatable bonds is 5. The summed E-state index contributed by atoms with van der Waals surface area (Å²) in [6.45, 7) is 3.75. The van der Waals surface area contributed by atoms with E-state index in [1.54, 1.807) is 6.20 Å². The Balaban J connectivity index is 1.31. The minimum Gasteiger partial charge on any atom is -0.441 e. The van der Waals surface area contributed by atoms with Crippen LogP contribution in [0.2, 0.25) is 0 Å². The predicted molar refractivity (Wildman–Crippen MR) is 99.4 cm³/mol. The average Bonchev–Trinajstić information content (AvgIpc) is 3.32. The molecule has 0 saturated heterocycles. The number of oxazole rings is 1. The molecule has 26 heavy (non-hydrogen) atoms. The minimum atomic E-state index is 0.137. The van der Waals surface area contributed by atoms with Crippen LogP contribution in [0.4, 0.5) is 0 Å². The first-order valence-corrected chi connectivity index (χ1v) is 9.17. The van der Waals surface area contributed by atoms with E-state index in [9.17, 15) is 4.79 Å². The van der Waals surface area contributed by atoms with Crippen LogP contribution in [0, 0.1) is 0 Å². The van der Waals surface area contributed by atoms with Crippen LogP contribution in [-0.4, -0.2) is 26.9 Å². The number of carbonyl (C=O) groups excluding carboxylic acids is 1. The number of carbonyl (C=O) groups is 1. The lowest BCUT2D eigenvalue weighted by Gasteiger charge is -2.35. The Morgan fingerprint density at radius 2 is 2.04 bits per heavy atom. The molecule has 0 N–H and O–H groups in total. The van der Waals surface area contributed by atoms with Crippen LogP contribution in [0.15, 0.2) is 59.3 Å². The molecule has 1 aromatic carbocycles. The van der Waals surface area contributed by atoms with E-state index in [-0.39, 0.29) is 11.9 Å². The molecule has 0 radical (unpaired) electrons. The molecule has 3 heterocycles. The van der Waals surface area contributed by atoms with Crippen LogP contribution in [0.3, 0.4) is 0 Å². The molecule has 0 saturated carbocycles. The van der Waals surface area contributed by atoms with Crippen molar-refractivity contribution in [2.75, 3.05) is 6.54 Å². The fourth-order valence-corrected chi connectivity index (χ4v) is 3.62. The zero-order chi connectivity index (χ0) is 17.9. The molecule has 0 aliphatic carbocycles. The third-order valence-corrected chi connectivity index (χ3v) is 5.06. The van der Waals surface area contributed by atoms with Crippen LogP contribution in [0.25, 0.3) is 11.3 Å². The highest BCUT2D eigenvalue weighted by Crippen LogP contribution is 2.26. The van der Waals surface area contributed by atoms with Crippen molar-refractivity contribution in [3.8, 4) is 11.3 Å². The molecule has 5 heteroatoms. The Morgan fingerprint density at radius 1 is 1.19 bits per heavy atom. The van der Waals surface area contributed by atoms with Crippen LogP contribution >= 0.6 is 0 Å². The van der Waals surface area contributed by atoms with Gasteiger partial charge in [-0.3, -0.25) is 4.79 Å². The van der Waals surface area contributed by atoms with Gasteiger partial charge in [0.1, 0.15) is 0 Å². The summed E-state index contributed by atoms with van der Waals surface area (Å²) in [6.07, 6.45) is 5.79. The van der Waals surface area contributed by atoms with Gasteiger partial charge in [-0.15, -0.1) is 0 Å². The van der Waals surface area contributed by atoms with E-state index in [0.717, 1.165) is 30.8 Å². The van der Waals surface area contributed by atoms with Crippen LogP contribution < -0.4 is 0 Å². The lowest BCUT2D eigenvalue weighted by Crippen LogP contribution is -2.40. The third-order valence-electron chi connectivity index (χ3n) is 5.06. The molecular formula is C21H23N3O2. The van der Waals surface area contributed by atoms with Gasteiger partial charge in [0.05, 0.1) is 12.2 Å². The maximum absolute atomic E-state index is 12.6. The maximum Gasteiger partial charge on any atom is 0.223 e. The molecule has 0 spiro atoms. The van der Waals surface area contributed by atoms with Gasteiger partial charge in [0.2, 0.25) is 5.91 Å². The summed E-state index contributed by atoms with van der Waals surface area (Å²) in [4.78, 5) is 19.0. The SMILES string of the molecule is CC1c2cccn2CCN1C(=O)CCCc1ncc(-c2ccccc2)o1. The van der Waals surface area contributed by atoms with Crippen molar-refractivity contribution in [3.05, 3.63) is 66.4 Å². The van der Waals surface area contributed by atoms with E-state index in [4.69, 9.17) is 4.42 Å². The number of fused-ring (bicyclic) bond motifs is 1. The van der Waals surface area contributed by atoms with E-state index in [2.05, 4.69) is 28.7 Å². The Morgan fingerprint density at radius 3 is 2.88 bits per heavy atom. The number of amides is 1. The van der Waals surface area contributed by atoms with Gasteiger partial charge in [-0.1, -0.05) is 30.3 Å². The van der Waals surface area contributed by atoms with Crippen LogP contribution in [-0.2, 0) is 17.8 Å². The van der Waals surface area contributed by atoms with E-state index in [1.807, 2.05) is 41.3 Å². The Kier molecular flexibility index (Phi) is 4.61. The summed E-state index contributed by atoms with van der Waals surface area (Å²) in [5.41, 5.74) is 2.23. The highest BCUT2D eigenvalue weighted by Gasteiger charge is 2.26. The fourth-order valence-electron chi connectivity index (χ4n) is 3.62. The Bertz CT molecular complexity index is 882. The molecule has 1 unspecified atom stereocenters. The van der Waals surface area contributed by atoms with Crippen LogP contribution in [0.1, 0.15) is 37.4 Å². The topological polar surface area (TPSA) is 51.3 Å². The van der Waals surface area contributed by atoms with Gasteiger partial charge < -0.3 is 13.9 Å². The van der Waals surface area contributed by atoms with E-state index in [1.165, 1.54) is 5.69 Å². The van der Waals surface area contributed by atoms with Crippen molar-refractivity contribution in [3.63, 3.8) is 0 Å². The second-order valence-electron chi connectivity index (χ2n) is 6.73. The van der Waals surface area contributed by atoms with E-state index in [0.29, 0.717) is 18.7 Å². The predicted octanol–water partition coefficient (Wildman–Crippen LogP) is 4.07. The molecule has 3 aromatic rings. The molecule has 5 nitrogen and oxygen atoms in total. The van der Waals surface area contributed by atoms with Crippen molar-refractivity contribution < 1.29 is 9.21 Å². The zero-order valence-electron chi connectivity index (χ0n) is 15.0. The third kappa shape index (κ3) is 3.29. The van der Waals surface area contributed by atoms with Crippen molar-refractivity contribution in [2.45, 2.75) is 38.8 Å². The zero-order valence-corrected chi connectivity index (χ0v) is 15.0. The molecule has 134 valence electrons. The molecule has 1 amide bonds. The number of aryl methyl sites for hydroxylation is 1. The molecule has 0 fully saturated rings. The largest absolute Gasteiger partial charge is 0.441 e. The smallest absolute Gasteiger partial charge is 0.223 e. The van der Waals surface area contributed by atoms with Gasteiger partial charge in [-0.05, 0) is 25.5 Å². The van der Waals surface area contributed by atoms with Crippen molar-refractivity contribution >= 4 is 5.91 Å². The molecule has 4 rings (SSSR count). The van der Waals surface area contributed by atoms with Crippen molar-refractivity contribution in [1.82, 2.24) is 14.5 Å². The number of nitrogens with zero attached hydrogens (tertiary/aromatic N) is 3. The first-order chi connectivity index (χ1) is 12.7. The lowest BCUT2D eigenvalue weighted by molar-refractivity contribution is -0.134. The Labute approximate surface area is 153 Å². The molecular weight excluding hydrogens is 326 g/mol. The summed E-state index contributed by atoms with van der Waals surface area (Å²) < 4.78 is 8.04. The number of hydrogen-bond donors (Lipinski definition) is 0. The quantitative estimate of drug-likeness (QED) is 0.698. The summed E-state index contributed by atoms with van der Waals surface area (Å²) in [5.74, 6) is 1.68. The lowest BCUT2D eigenvalue weighted by atomic mass is 10.1. The second kappa shape index (κ2) is 7.20. The molecule has 2 aromatic heterocycles. The second-order valence-corrected chi connectivity index (χ2v) is 6.73. The first-order valence-electron chi connectivity index (χ1n) is 9.17. The van der Waals surface area contributed by atoms with E-state index < -0.39 is 0 Å². The van der Waals surface area contributed by atoms with Gasteiger partial charge in [-0.25, -0.2) is 4.98 Å². The van der Waals surface area contributed by atoms with Gasteiger partial charge in [0.15, 0.2) is 11.7 Å². The minimum absolute atomic E-state index is 0.137. The number of benzene rings is 1. The first kappa shape index (κ1) is 16.6. The molecule has 0 bridgehead atoms. The number of aromatic nitrogens is 2. The van der Waals surface area contributed by atoms with Gasteiger partial charge in [0.25, 0.3) is 0 Å².